The summed E-state index contributed by atoms with van der Waals surface area (Å²) >= 11 is 1.74. The standard InChI is InChI=1S/C20H23F3N2O2S/c21-20(22,23)17-7-1-2-8-18(17)27-14-19(26)24-11-15-5-3-9-25(12-15)13-16-6-4-10-28-16/h1-2,4,6-8,10,15H,3,5,9,11-14H2,(H,24,26). The lowest BCUT2D eigenvalue weighted by molar-refractivity contribution is -0.139. The molecule has 0 spiro atoms. The van der Waals surface area contributed by atoms with Crippen LogP contribution in [-0.2, 0) is 17.5 Å². The number of hydrogen-bond donors (Lipinski definition) is 1. The number of likely N-dealkylation sites (tertiary alicyclic amines) is 1. The molecule has 0 aliphatic carbocycles. The molecule has 28 heavy (non-hydrogen) atoms. The summed E-state index contributed by atoms with van der Waals surface area (Å²) < 4.78 is 44.0. The van der Waals surface area contributed by atoms with Gasteiger partial charge >= 0.3 is 6.18 Å². The van der Waals surface area contributed by atoms with Crippen molar-refractivity contribution in [2.45, 2.75) is 25.6 Å². The highest BCUT2D eigenvalue weighted by molar-refractivity contribution is 7.09. The third kappa shape index (κ3) is 5.97. The second-order valence-corrected chi connectivity index (χ2v) is 7.94. The number of nitrogens with one attached hydrogen (secondary N) is 1. The molecule has 2 heterocycles. The average Bonchev–Trinajstić information content (AvgIpc) is 3.17. The Morgan fingerprint density at radius 3 is 2.82 bits per heavy atom. The van der Waals surface area contributed by atoms with Crippen LogP contribution >= 0.6 is 11.3 Å². The molecule has 1 unspecified atom stereocenters. The van der Waals surface area contributed by atoms with Crippen LogP contribution < -0.4 is 10.1 Å². The van der Waals surface area contributed by atoms with Gasteiger partial charge in [-0.05, 0) is 48.9 Å². The number of thiophene rings is 1. The van der Waals surface area contributed by atoms with Crippen LogP contribution in [0.25, 0.3) is 0 Å². The Bertz CT molecular complexity index is 765. The lowest BCUT2D eigenvalue weighted by atomic mass is 9.98. The van der Waals surface area contributed by atoms with E-state index in [-0.39, 0.29) is 5.75 Å². The van der Waals surface area contributed by atoms with Crippen molar-refractivity contribution in [2.75, 3.05) is 26.2 Å². The van der Waals surface area contributed by atoms with Gasteiger partial charge in [0, 0.05) is 24.5 Å². The monoisotopic (exact) mass is 412 g/mol. The summed E-state index contributed by atoms with van der Waals surface area (Å²) in [5, 5.41) is 4.85. The fourth-order valence-electron chi connectivity index (χ4n) is 3.36. The molecule has 1 amide bonds. The Morgan fingerprint density at radius 2 is 2.07 bits per heavy atom. The van der Waals surface area contributed by atoms with Gasteiger partial charge in [-0.2, -0.15) is 13.2 Å². The predicted molar refractivity (Wildman–Crippen MR) is 102 cm³/mol. The third-order valence-corrected chi connectivity index (χ3v) is 5.56. The maximum absolute atomic E-state index is 13.0. The maximum atomic E-state index is 13.0. The quantitative estimate of drug-likeness (QED) is 0.742. The van der Waals surface area contributed by atoms with Crippen molar-refractivity contribution in [1.29, 1.82) is 0 Å². The number of rotatable bonds is 7. The van der Waals surface area contributed by atoms with E-state index in [9.17, 15) is 18.0 Å². The normalized spacial score (nSPS) is 18.0. The predicted octanol–water partition coefficient (Wildman–Crippen LogP) is 4.17. The number of carbonyl (C=O) groups excluding carboxylic acids is 1. The lowest BCUT2D eigenvalue weighted by Crippen LogP contribution is -2.41. The van der Waals surface area contributed by atoms with Crippen LogP contribution in [0, 0.1) is 5.92 Å². The molecule has 4 nitrogen and oxygen atoms in total. The second kappa shape index (κ2) is 9.43. The Kier molecular flexibility index (Phi) is 6.96. The van der Waals surface area contributed by atoms with Gasteiger partial charge < -0.3 is 10.1 Å². The summed E-state index contributed by atoms with van der Waals surface area (Å²) in [4.78, 5) is 15.7. The average molecular weight is 412 g/mol. The van der Waals surface area contributed by atoms with Gasteiger partial charge in [0.2, 0.25) is 0 Å². The Morgan fingerprint density at radius 1 is 1.25 bits per heavy atom. The van der Waals surface area contributed by atoms with Crippen molar-refractivity contribution in [3.8, 4) is 5.75 Å². The number of amides is 1. The van der Waals surface area contributed by atoms with Gasteiger partial charge in [0.1, 0.15) is 5.75 Å². The van der Waals surface area contributed by atoms with Crippen LogP contribution in [0.2, 0.25) is 0 Å². The van der Waals surface area contributed by atoms with E-state index in [2.05, 4.69) is 21.7 Å². The number of para-hydroxylation sites is 1. The number of nitrogens with zero attached hydrogens (tertiary/aromatic N) is 1. The molecular weight excluding hydrogens is 389 g/mol. The van der Waals surface area contributed by atoms with Crippen LogP contribution in [0.5, 0.6) is 5.75 Å². The van der Waals surface area contributed by atoms with Crippen molar-refractivity contribution in [3.63, 3.8) is 0 Å². The van der Waals surface area contributed by atoms with Crippen molar-refractivity contribution in [2.24, 2.45) is 5.92 Å². The molecule has 1 aromatic carbocycles. The first kappa shape index (κ1) is 20.7. The molecule has 1 saturated heterocycles. The Hall–Kier alpha value is -2.06. The zero-order chi connectivity index (χ0) is 20.0. The van der Waals surface area contributed by atoms with E-state index in [1.807, 2.05) is 6.07 Å². The highest BCUT2D eigenvalue weighted by Crippen LogP contribution is 2.35. The van der Waals surface area contributed by atoms with Gasteiger partial charge in [-0.15, -0.1) is 11.3 Å². The van der Waals surface area contributed by atoms with Gasteiger partial charge in [-0.25, -0.2) is 0 Å². The van der Waals surface area contributed by atoms with Crippen LogP contribution in [0.1, 0.15) is 23.3 Å². The maximum Gasteiger partial charge on any atom is 0.419 e. The number of hydrogen-bond acceptors (Lipinski definition) is 4. The zero-order valence-corrected chi connectivity index (χ0v) is 16.2. The molecule has 1 fully saturated rings. The van der Waals surface area contributed by atoms with Crippen LogP contribution in [0.4, 0.5) is 13.2 Å². The second-order valence-electron chi connectivity index (χ2n) is 6.91. The molecule has 2 aromatic rings. The van der Waals surface area contributed by atoms with E-state index >= 15 is 0 Å². The summed E-state index contributed by atoms with van der Waals surface area (Å²) in [6.45, 7) is 2.93. The number of alkyl halides is 3. The first-order valence-corrected chi connectivity index (χ1v) is 10.1. The number of benzene rings is 1. The van der Waals surface area contributed by atoms with Gasteiger partial charge in [-0.1, -0.05) is 18.2 Å². The SMILES string of the molecule is O=C(COc1ccccc1C(F)(F)F)NCC1CCCN(Cc2cccs2)C1. The molecule has 1 aliphatic heterocycles. The van der Waals surface area contributed by atoms with E-state index in [0.29, 0.717) is 12.5 Å². The zero-order valence-electron chi connectivity index (χ0n) is 15.4. The molecular formula is C20H23F3N2O2S. The largest absolute Gasteiger partial charge is 0.483 e. The van der Waals surface area contributed by atoms with E-state index in [1.165, 1.54) is 23.1 Å². The molecule has 1 aromatic heterocycles. The number of piperidine rings is 1. The molecule has 152 valence electrons. The van der Waals surface area contributed by atoms with Crippen molar-refractivity contribution >= 4 is 17.2 Å². The van der Waals surface area contributed by atoms with Crippen LogP contribution in [-0.4, -0.2) is 37.0 Å². The van der Waals surface area contributed by atoms with Gasteiger partial charge in [-0.3, -0.25) is 9.69 Å². The number of halogens is 3. The van der Waals surface area contributed by atoms with Crippen molar-refractivity contribution in [3.05, 3.63) is 52.2 Å². The Labute approximate surface area is 166 Å². The van der Waals surface area contributed by atoms with E-state index in [0.717, 1.165) is 38.5 Å². The summed E-state index contributed by atoms with van der Waals surface area (Å²) in [6, 6.07) is 9.06. The third-order valence-electron chi connectivity index (χ3n) is 4.70. The smallest absolute Gasteiger partial charge is 0.419 e. The highest BCUT2D eigenvalue weighted by Gasteiger charge is 2.34. The first-order chi connectivity index (χ1) is 13.4. The minimum Gasteiger partial charge on any atom is -0.483 e. The molecule has 1 N–H and O–H groups in total. The van der Waals surface area contributed by atoms with Crippen molar-refractivity contribution < 1.29 is 22.7 Å². The lowest BCUT2D eigenvalue weighted by Gasteiger charge is -2.32. The van der Waals surface area contributed by atoms with E-state index < -0.39 is 24.3 Å². The molecule has 1 atom stereocenters. The van der Waals surface area contributed by atoms with E-state index in [1.54, 1.807) is 11.3 Å². The van der Waals surface area contributed by atoms with Gasteiger partial charge in [0.25, 0.3) is 5.91 Å². The first-order valence-electron chi connectivity index (χ1n) is 9.22. The highest BCUT2D eigenvalue weighted by atomic mass is 32.1. The summed E-state index contributed by atoms with van der Waals surface area (Å²) in [5.41, 5.74) is -0.876. The number of carbonyl (C=O) groups is 1. The summed E-state index contributed by atoms with van der Waals surface area (Å²) in [6.07, 6.45) is -2.42. The van der Waals surface area contributed by atoms with Crippen LogP contribution in [0.3, 0.4) is 0 Å². The minimum absolute atomic E-state index is 0.329. The molecule has 0 bridgehead atoms. The van der Waals surface area contributed by atoms with Gasteiger partial charge in [0.05, 0.1) is 5.56 Å². The fraction of sp³-hybridized carbons (Fsp3) is 0.450. The fourth-order valence-corrected chi connectivity index (χ4v) is 4.11. The summed E-state index contributed by atoms with van der Waals surface area (Å²) in [5.74, 6) is -0.405. The molecule has 1 aliphatic rings. The molecule has 0 saturated carbocycles. The number of ether oxygens (including phenoxy) is 1. The van der Waals surface area contributed by atoms with Crippen molar-refractivity contribution in [1.82, 2.24) is 10.2 Å². The summed E-state index contributed by atoms with van der Waals surface area (Å²) in [7, 11) is 0. The topological polar surface area (TPSA) is 41.6 Å². The minimum atomic E-state index is -4.51. The van der Waals surface area contributed by atoms with Crippen LogP contribution in [0.15, 0.2) is 41.8 Å². The Balaban J connectivity index is 1.43. The van der Waals surface area contributed by atoms with Gasteiger partial charge in [0.15, 0.2) is 6.61 Å². The molecule has 3 rings (SSSR count). The molecule has 0 radical (unpaired) electrons. The van der Waals surface area contributed by atoms with E-state index in [4.69, 9.17) is 4.74 Å². The molecule has 8 heteroatoms.